The van der Waals surface area contributed by atoms with Gasteiger partial charge in [0.2, 0.25) is 5.95 Å². The fraction of sp³-hybridized carbons (Fsp3) is 0.154. The molecule has 0 unspecified atom stereocenters. The number of imidazole rings is 1. The predicted octanol–water partition coefficient (Wildman–Crippen LogP) is 1.88. The number of hydrogen-bond donors (Lipinski definition) is 3. The molecule has 3 heterocycles. The Morgan fingerprint density at radius 1 is 1.23 bits per heavy atom. The summed E-state index contributed by atoms with van der Waals surface area (Å²) < 4.78 is 1.87. The van der Waals surface area contributed by atoms with E-state index < -0.39 is 0 Å². The van der Waals surface area contributed by atoms with Crippen LogP contribution >= 0.6 is 23.4 Å². The number of nitrogens with two attached hydrogens (primary N) is 2. The zero-order valence-electron chi connectivity index (χ0n) is 11.5. The van der Waals surface area contributed by atoms with E-state index in [4.69, 9.17) is 23.1 Å². The van der Waals surface area contributed by atoms with Crippen LogP contribution in [0, 0.1) is 0 Å². The zero-order valence-corrected chi connectivity index (χ0v) is 13.1. The van der Waals surface area contributed by atoms with Crippen LogP contribution in [0.15, 0.2) is 40.6 Å². The zero-order chi connectivity index (χ0) is 15.5. The van der Waals surface area contributed by atoms with Crippen molar-refractivity contribution in [2.75, 3.05) is 24.1 Å². The molecular weight excluding hydrogens is 322 g/mol. The molecule has 0 saturated carbocycles. The average molecular weight is 336 g/mol. The molecule has 0 aliphatic carbocycles. The third-order valence-electron chi connectivity index (χ3n) is 2.92. The summed E-state index contributed by atoms with van der Waals surface area (Å²) in [4.78, 5) is 14.4. The van der Waals surface area contributed by atoms with Crippen LogP contribution in [-0.4, -0.2) is 32.4 Å². The number of hydrogen-bond acceptors (Lipinski definition) is 7. The first-order valence-electron chi connectivity index (χ1n) is 6.54. The van der Waals surface area contributed by atoms with Crippen LogP contribution in [0.1, 0.15) is 0 Å². The number of nitrogen functional groups attached to an aromatic ring is 1. The Kier molecular flexibility index (Phi) is 4.32. The van der Waals surface area contributed by atoms with Crippen LogP contribution < -0.4 is 16.8 Å². The second-order valence-electron chi connectivity index (χ2n) is 4.39. The normalized spacial score (nSPS) is 11.0. The molecule has 0 radical (unpaired) electrons. The quantitative estimate of drug-likeness (QED) is 0.653. The van der Waals surface area contributed by atoms with Crippen molar-refractivity contribution in [3.8, 4) is 0 Å². The Hall–Kier alpha value is -2.03. The number of fused-ring (bicyclic) bond motifs is 1. The van der Waals surface area contributed by atoms with Crippen molar-refractivity contribution in [2.24, 2.45) is 5.73 Å². The number of nitrogens with zero attached hydrogens (tertiary/aromatic N) is 4. The van der Waals surface area contributed by atoms with Crippen LogP contribution in [0.3, 0.4) is 0 Å². The first-order chi connectivity index (χ1) is 10.7. The highest BCUT2D eigenvalue weighted by molar-refractivity contribution is 7.99. The molecule has 3 aromatic rings. The third-order valence-corrected chi connectivity index (χ3v) is 4.50. The molecule has 7 nitrogen and oxygen atoms in total. The highest BCUT2D eigenvalue weighted by Gasteiger charge is 2.12. The molecule has 0 aliphatic rings. The van der Waals surface area contributed by atoms with E-state index in [1.165, 1.54) is 11.8 Å². The number of aromatic nitrogens is 4. The molecule has 3 rings (SSSR count). The van der Waals surface area contributed by atoms with E-state index in [0.717, 1.165) is 15.4 Å². The summed E-state index contributed by atoms with van der Waals surface area (Å²) in [5.74, 6) is 1.00. The van der Waals surface area contributed by atoms with Gasteiger partial charge in [-0.2, -0.15) is 0 Å². The van der Waals surface area contributed by atoms with Crippen molar-refractivity contribution in [1.29, 1.82) is 0 Å². The molecule has 5 N–H and O–H groups in total. The lowest BCUT2D eigenvalue weighted by atomic mass is 10.5. The van der Waals surface area contributed by atoms with E-state index in [1.54, 1.807) is 18.6 Å². The Morgan fingerprint density at radius 3 is 2.91 bits per heavy atom. The first-order valence-corrected chi connectivity index (χ1v) is 7.74. The molecule has 0 spiro atoms. The van der Waals surface area contributed by atoms with Crippen molar-refractivity contribution in [2.45, 2.75) is 9.79 Å². The smallest absolute Gasteiger partial charge is 0.208 e. The maximum absolute atomic E-state index is 6.19. The lowest BCUT2D eigenvalue weighted by molar-refractivity contribution is 0.960. The van der Waals surface area contributed by atoms with Crippen LogP contribution in [0.2, 0.25) is 5.02 Å². The minimum atomic E-state index is 0.306. The Morgan fingerprint density at radius 2 is 2.09 bits per heavy atom. The maximum atomic E-state index is 6.19. The molecule has 0 aliphatic heterocycles. The summed E-state index contributed by atoms with van der Waals surface area (Å²) in [5, 5.41) is 3.59. The van der Waals surface area contributed by atoms with Gasteiger partial charge in [0.1, 0.15) is 5.82 Å². The highest BCUT2D eigenvalue weighted by Crippen LogP contribution is 2.36. The molecule has 9 heteroatoms. The third kappa shape index (κ3) is 2.80. The van der Waals surface area contributed by atoms with Crippen LogP contribution in [-0.2, 0) is 0 Å². The number of halogens is 1. The highest BCUT2D eigenvalue weighted by atomic mass is 35.5. The van der Waals surface area contributed by atoms with E-state index >= 15 is 0 Å². The molecule has 0 bridgehead atoms. The second kappa shape index (κ2) is 6.39. The van der Waals surface area contributed by atoms with Crippen molar-refractivity contribution in [3.63, 3.8) is 0 Å². The second-order valence-corrected chi connectivity index (χ2v) is 5.85. The van der Waals surface area contributed by atoms with Gasteiger partial charge in [-0.1, -0.05) is 23.4 Å². The van der Waals surface area contributed by atoms with Gasteiger partial charge < -0.3 is 16.8 Å². The fourth-order valence-electron chi connectivity index (χ4n) is 1.92. The first kappa shape index (κ1) is 14.9. The lowest BCUT2D eigenvalue weighted by Gasteiger charge is -2.10. The number of nitrogens with one attached hydrogen (secondary N) is 1. The van der Waals surface area contributed by atoms with E-state index in [-0.39, 0.29) is 0 Å². The Labute approximate surface area is 136 Å². The van der Waals surface area contributed by atoms with Crippen molar-refractivity contribution < 1.29 is 0 Å². The van der Waals surface area contributed by atoms with Crippen LogP contribution in [0.5, 0.6) is 0 Å². The molecule has 0 aromatic carbocycles. The molecule has 0 fully saturated rings. The minimum Gasteiger partial charge on any atom is -0.382 e. The summed E-state index contributed by atoms with van der Waals surface area (Å²) in [7, 11) is 0. The van der Waals surface area contributed by atoms with Gasteiger partial charge in [0.25, 0.3) is 0 Å². The molecule has 0 amide bonds. The summed E-state index contributed by atoms with van der Waals surface area (Å²) in [6.45, 7) is 1.17. The van der Waals surface area contributed by atoms with E-state index in [1.807, 2.05) is 16.7 Å². The molecule has 114 valence electrons. The average Bonchev–Trinajstić information content (AvgIpc) is 3.01. The van der Waals surface area contributed by atoms with Gasteiger partial charge in [-0.15, -0.1) is 0 Å². The van der Waals surface area contributed by atoms with Gasteiger partial charge in [-0.05, 0) is 6.07 Å². The van der Waals surface area contributed by atoms with Gasteiger partial charge in [0, 0.05) is 42.8 Å². The predicted molar refractivity (Wildman–Crippen MR) is 88.3 cm³/mol. The Bertz CT molecular complexity index is 804. The summed E-state index contributed by atoms with van der Waals surface area (Å²) >= 11 is 7.63. The molecule has 3 aromatic heterocycles. The van der Waals surface area contributed by atoms with Gasteiger partial charge >= 0.3 is 0 Å². The van der Waals surface area contributed by atoms with Gasteiger partial charge in [0.05, 0.1) is 9.92 Å². The fourth-order valence-corrected chi connectivity index (χ4v) is 3.06. The standard InChI is InChI=1S/C13H14ClN7S/c14-10-8(1-3-17-11(10)16)22-9-7-20-13(19-4-2-15)21-6-5-18-12(9)21/h1,3,5-7H,2,4,15H2,(H2,16,17)(H,19,20). The SMILES string of the molecule is NCCNc1ncc(Sc2ccnc(N)c2Cl)c2nccn12. The van der Waals surface area contributed by atoms with E-state index in [9.17, 15) is 0 Å². The van der Waals surface area contributed by atoms with Crippen molar-refractivity contribution in [3.05, 3.63) is 35.9 Å². The minimum absolute atomic E-state index is 0.306. The number of anilines is 2. The number of pyridine rings is 1. The van der Waals surface area contributed by atoms with Gasteiger partial charge in [-0.3, -0.25) is 4.40 Å². The molecule has 0 saturated heterocycles. The number of rotatable bonds is 5. The Balaban J connectivity index is 1.98. The van der Waals surface area contributed by atoms with Crippen molar-refractivity contribution >= 4 is 40.8 Å². The maximum Gasteiger partial charge on any atom is 0.208 e. The largest absolute Gasteiger partial charge is 0.382 e. The summed E-state index contributed by atoms with van der Waals surface area (Å²) in [6.07, 6.45) is 6.93. The monoisotopic (exact) mass is 335 g/mol. The van der Waals surface area contributed by atoms with Gasteiger partial charge in [0.15, 0.2) is 5.65 Å². The topological polar surface area (TPSA) is 107 Å². The van der Waals surface area contributed by atoms with Crippen molar-refractivity contribution in [1.82, 2.24) is 19.4 Å². The molecular formula is C13H14ClN7S. The summed E-state index contributed by atoms with van der Waals surface area (Å²) in [5.41, 5.74) is 12.0. The van der Waals surface area contributed by atoms with E-state index in [2.05, 4.69) is 20.3 Å². The van der Waals surface area contributed by atoms with Crippen LogP contribution in [0.4, 0.5) is 11.8 Å². The molecule has 0 atom stereocenters. The van der Waals surface area contributed by atoms with Crippen LogP contribution in [0.25, 0.3) is 5.65 Å². The summed E-state index contributed by atoms with van der Waals surface area (Å²) in [6, 6.07) is 1.81. The van der Waals surface area contributed by atoms with Gasteiger partial charge in [-0.25, -0.2) is 15.0 Å². The molecule has 22 heavy (non-hydrogen) atoms. The lowest BCUT2D eigenvalue weighted by Crippen LogP contribution is -2.16. The van der Waals surface area contributed by atoms with E-state index in [0.29, 0.717) is 29.9 Å².